The van der Waals surface area contributed by atoms with Gasteiger partial charge in [0.15, 0.2) is 0 Å². The van der Waals surface area contributed by atoms with Gasteiger partial charge in [0.25, 0.3) is 10.0 Å². The normalized spacial score (nSPS) is 11.6. The summed E-state index contributed by atoms with van der Waals surface area (Å²) in [7, 11) is -2.27. The summed E-state index contributed by atoms with van der Waals surface area (Å²) in [5, 5.41) is 0.438. The summed E-state index contributed by atoms with van der Waals surface area (Å²) in [6.45, 7) is 3.83. The summed E-state index contributed by atoms with van der Waals surface area (Å²) in [6.07, 6.45) is 0.0101. The van der Waals surface area contributed by atoms with Gasteiger partial charge in [0.1, 0.15) is 11.5 Å². The molecule has 136 valence electrons. The molecule has 1 N–H and O–H groups in total. The molecule has 2 aromatic rings. The zero-order valence-electron chi connectivity index (χ0n) is 14.2. The number of benzene rings is 2. The fourth-order valence-corrected chi connectivity index (χ4v) is 3.03. The molecule has 0 atom stereocenters. The van der Waals surface area contributed by atoms with E-state index in [0.717, 1.165) is 0 Å². The Hall–Kier alpha value is -1.80. The van der Waals surface area contributed by atoms with E-state index in [-0.39, 0.29) is 17.6 Å². The van der Waals surface area contributed by atoms with E-state index in [9.17, 15) is 8.42 Å². The first-order valence-electron chi connectivity index (χ1n) is 7.54. The highest BCUT2D eigenvalue weighted by Gasteiger charge is 2.14. The predicted octanol–water partition coefficient (Wildman–Crippen LogP) is 3.55. The molecule has 0 aliphatic heterocycles. The maximum atomic E-state index is 12.1. The second-order valence-corrected chi connectivity index (χ2v) is 7.53. The number of hydrogen-bond donors (Lipinski definition) is 1. The van der Waals surface area contributed by atoms with Gasteiger partial charge < -0.3 is 9.47 Å². The maximum absolute atomic E-state index is 12.1. The first kappa shape index (κ1) is 19.5. The van der Waals surface area contributed by atoms with Crippen LogP contribution in [-0.2, 0) is 21.5 Å². The maximum Gasteiger partial charge on any atom is 0.262 e. The van der Waals surface area contributed by atoms with Crippen molar-refractivity contribution in [3.63, 3.8) is 0 Å². The lowest BCUT2D eigenvalue weighted by molar-refractivity contribution is 0.0795. The van der Waals surface area contributed by atoms with E-state index in [1.54, 1.807) is 30.3 Å². The molecule has 2 rings (SSSR count). The number of sulfonamides is 1. The van der Waals surface area contributed by atoms with Gasteiger partial charge in [-0.2, -0.15) is 0 Å². The number of ether oxygens (including phenoxy) is 2. The van der Waals surface area contributed by atoms with Crippen molar-refractivity contribution in [2.75, 3.05) is 7.11 Å². The van der Waals surface area contributed by atoms with Crippen molar-refractivity contribution in [3.05, 3.63) is 53.1 Å². The van der Waals surface area contributed by atoms with Crippen molar-refractivity contribution in [1.82, 2.24) is 4.89 Å². The highest BCUT2D eigenvalue weighted by molar-refractivity contribution is 7.89. The summed E-state index contributed by atoms with van der Waals surface area (Å²) in [6, 6.07) is 11.1. The van der Waals surface area contributed by atoms with Gasteiger partial charge in [0.2, 0.25) is 0 Å². The van der Waals surface area contributed by atoms with Crippen LogP contribution < -0.4 is 14.4 Å². The quantitative estimate of drug-likeness (QED) is 0.703. The fourth-order valence-electron chi connectivity index (χ4n) is 1.98. The minimum atomic E-state index is -3.78. The molecule has 0 unspecified atom stereocenters. The molecule has 8 heteroatoms. The van der Waals surface area contributed by atoms with E-state index in [1.165, 1.54) is 19.2 Å². The van der Waals surface area contributed by atoms with Gasteiger partial charge >= 0.3 is 0 Å². The van der Waals surface area contributed by atoms with E-state index < -0.39 is 10.0 Å². The lowest BCUT2D eigenvalue weighted by atomic mass is 10.2. The SMILES string of the molecule is COc1ccc(S(=O)(=O)NOCc2ccc(OC(C)C)c(Cl)c2)cc1. The van der Waals surface area contributed by atoms with E-state index in [0.29, 0.717) is 22.1 Å². The van der Waals surface area contributed by atoms with E-state index in [4.69, 9.17) is 25.9 Å². The molecule has 6 nitrogen and oxygen atoms in total. The summed E-state index contributed by atoms with van der Waals surface area (Å²) < 4.78 is 34.8. The standard InChI is InChI=1S/C17H20ClNO5S/c1-12(2)24-17-9-4-13(10-16(17)18)11-23-19-25(20,21)15-7-5-14(22-3)6-8-15/h4-10,12,19H,11H2,1-3H3. The van der Waals surface area contributed by atoms with Gasteiger partial charge in [-0.3, -0.25) is 4.84 Å². The molecule has 0 bridgehead atoms. The molecular formula is C17H20ClNO5S. The van der Waals surface area contributed by atoms with E-state index in [2.05, 4.69) is 4.89 Å². The van der Waals surface area contributed by atoms with Crippen molar-refractivity contribution in [2.24, 2.45) is 0 Å². The fraction of sp³-hybridized carbons (Fsp3) is 0.294. The van der Waals surface area contributed by atoms with Crippen LogP contribution in [0.5, 0.6) is 11.5 Å². The Bertz CT molecular complexity index is 806. The summed E-state index contributed by atoms with van der Waals surface area (Å²) in [4.78, 5) is 7.26. The molecular weight excluding hydrogens is 366 g/mol. The Morgan fingerprint density at radius 1 is 1.12 bits per heavy atom. The first-order chi connectivity index (χ1) is 11.8. The second kappa shape index (κ2) is 8.53. The smallest absolute Gasteiger partial charge is 0.262 e. The first-order valence-corrected chi connectivity index (χ1v) is 9.40. The minimum absolute atomic E-state index is 0.0101. The van der Waals surface area contributed by atoms with Crippen LogP contribution in [0.15, 0.2) is 47.4 Å². The van der Waals surface area contributed by atoms with E-state index in [1.807, 2.05) is 13.8 Å². The molecule has 0 aliphatic carbocycles. The Morgan fingerprint density at radius 2 is 1.80 bits per heavy atom. The summed E-state index contributed by atoms with van der Waals surface area (Å²) in [5.41, 5.74) is 0.707. The zero-order chi connectivity index (χ0) is 18.4. The molecule has 0 saturated heterocycles. The van der Waals surface area contributed by atoms with Gasteiger partial charge in [0, 0.05) is 0 Å². The van der Waals surface area contributed by atoms with Crippen LogP contribution >= 0.6 is 11.6 Å². The monoisotopic (exact) mass is 385 g/mol. The van der Waals surface area contributed by atoms with Crippen molar-refractivity contribution < 1.29 is 22.7 Å². The molecule has 2 aromatic carbocycles. The third-order valence-electron chi connectivity index (χ3n) is 3.14. The molecule has 0 spiro atoms. The molecule has 0 fully saturated rings. The average molecular weight is 386 g/mol. The molecule has 0 amide bonds. The van der Waals surface area contributed by atoms with Gasteiger partial charge in [-0.1, -0.05) is 22.6 Å². The molecule has 0 aliphatic rings. The summed E-state index contributed by atoms with van der Waals surface area (Å²) in [5.74, 6) is 1.14. The third-order valence-corrected chi connectivity index (χ3v) is 4.66. The number of hydrogen-bond acceptors (Lipinski definition) is 5. The van der Waals surface area contributed by atoms with Crippen LogP contribution in [0.3, 0.4) is 0 Å². The topological polar surface area (TPSA) is 73.9 Å². The van der Waals surface area contributed by atoms with Gasteiger partial charge in [0.05, 0.1) is 29.7 Å². The Labute approximate surface area is 152 Å². The predicted molar refractivity (Wildman–Crippen MR) is 95.3 cm³/mol. The van der Waals surface area contributed by atoms with Crippen LogP contribution in [0.1, 0.15) is 19.4 Å². The van der Waals surface area contributed by atoms with Crippen LogP contribution in [0.2, 0.25) is 5.02 Å². The zero-order valence-corrected chi connectivity index (χ0v) is 15.7. The van der Waals surface area contributed by atoms with Crippen molar-refractivity contribution in [2.45, 2.75) is 31.5 Å². The largest absolute Gasteiger partial charge is 0.497 e. The molecule has 0 aromatic heterocycles. The number of nitrogens with one attached hydrogen (secondary N) is 1. The van der Waals surface area contributed by atoms with Crippen molar-refractivity contribution in [1.29, 1.82) is 0 Å². The molecule has 0 heterocycles. The lowest BCUT2D eigenvalue weighted by Crippen LogP contribution is -2.23. The van der Waals surface area contributed by atoms with Crippen LogP contribution in [0, 0.1) is 0 Å². The Morgan fingerprint density at radius 3 is 2.36 bits per heavy atom. The van der Waals surface area contributed by atoms with Gasteiger partial charge in [-0.05, 0) is 55.8 Å². The van der Waals surface area contributed by atoms with Crippen LogP contribution in [0.25, 0.3) is 0 Å². The Kier molecular flexibility index (Phi) is 6.66. The average Bonchev–Trinajstić information content (AvgIpc) is 2.57. The van der Waals surface area contributed by atoms with Crippen molar-refractivity contribution >= 4 is 21.6 Å². The minimum Gasteiger partial charge on any atom is -0.497 e. The number of halogens is 1. The van der Waals surface area contributed by atoms with Gasteiger partial charge in [-0.15, -0.1) is 0 Å². The van der Waals surface area contributed by atoms with Crippen LogP contribution in [0.4, 0.5) is 0 Å². The van der Waals surface area contributed by atoms with E-state index >= 15 is 0 Å². The lowest BCUT2D eigenvalue weighted by Gasteiger charge is -2.12. The van der Waals surface area contributed by atoms with Crippen LogP contribution in [-0.4, -0.2) is 21.6 Å². The van der Waals surface area contributed by atoms with Gasteiger partial charge in [-0.25, -0.2) is 8.42 Å². The summed E-state index contributed by atoms with van der Waals surface area (Å²) >= 11 is 6.14. The highest BCUT2D eigenvalue weighted by Crippen LogP contribution is 2.26. The molecule has 0 radical (unpaired) electrons. The third kappa shape index (κ3) is 5.61. The highest BCUT2D eigenvalue weighted by atomic mass is 35.5. The molecule has 0 saturated carbocycles. The number of rotatable bonds is 8. The number of methoxy groups -OCH3 is 1. The Balaban J connectivity index is 1.96. The van der Waals surface area contributed by atoms with Crippen molar-refractivity contribution in [3.8, 4) is 11.5 Å². The molecule has 25 heavy (non-hydrogen) atoms. The second-order valence-electron chi connectivity index (χ2n) is 5.48.